The minimum atomic E-state index is -3.02. The summed E-state index contributed by atoms with van der Waals surface area (Å²) in [5.41, 5.74) is 0. The molecule has 1 aromatic rings. The lowest BCUT2D eigenvalue weighted by atomic mass is 10.2. The van der Waals surface area contributed by atoms with Crippen LogP contribution < -0.4 is 0 Å². The number of carbonyl (C=O) groups excluding carboxylic acids is 1. The lowest BCUT2D eigenvalue weighted by molar-refractivity contribution is 0.0766. The Morgan fingerprint density at radius 3 is 2.67 bits per heavy atom. The number of hydrogen-bond donors (Lipinski definition) is 0. The molecule has 1 fully saturated rings. The molecule has 0 spiro atoms. The Morgan fingerprint density at radius 1 is 1.38 bits per heavy atom. The van der Waals surface area contributed by atoms with E-state index in [4.69, 9.17) is 0 Å². The maximum Gasteiger partial charge on any atom is 0.265 e. The molecule has 1 saturated heterocycles. The van der Waals surface area contributed by atoms with Crippen LogP contribution in [-0.2, 0) is 9.84 Å². The maximum atomic E-state index is 12.5. The number of carbonyl (C=O) groups is 1. The van der Waals surface area contributed by atoms with Gasteiger partial charge in [0.1, 0.15) is 14.7 Å². The number of amides is 1. The van der Waals surface area contributed by atoms with Crippen molar-refractivity contribution in [2.45, 2.75) is 44.3 Å². The summed E-state index contributed by atoms with van der Waals surface area (Å²) in [6, 6.07) is 0. The number of likely N-dealkylation sites (tertiary alicyclic amines) is 1. The molecular formula is C14H22N2O3S2. The maximum absolute atomic E-state index is 12.5. The lowest BCUT2D eigenvalue weighted by Crippen LogP contribution is -2.32. The molecule has 0 radical (unpaired) electrons. The van der Waals surface area contributed by atoms with Gasteiger partial charge in [0, 0.05) is 25.3 Å². The Balaban J connectivity index is 2.06. The van der Waals surface area contributed by atoms with Crippen molar-refractivity contribution < 1.29 is 13.2 Å². The predicted octanol–water partition coefficient (Wildman–Crippen LogP) is 2.31. The van der Waals surface area contributed by atoms with E-state index in [1.54, 1.807) is 11.1 Å². The van der Waals surface area contributed by atoms with Crippen LogP contribution in [0.4, 0.5) is 0 Å². The minimum absolute atomic E-state index is 0.0199. The molecule has 1 atom stereocenters. The van der Waals surface area contributed by atoms with Crippen LogP contribution in [-0.4, -0.2) is 48.8 Å². The van der Waals surface area contributed by atoms with Crippen molar-refractivity contribution in [3.05, 3.63) is 16.1 Å². The standard InChI is InChI=1S/C14H22N2O3S2/c1-10(2)13-15-9-12(20-13)14(17)16-7-4-5-11(6-8-16)21(3,18)19/h9-11H,4-8H2,1-3H3. The lowest BCUT2D eigenvalue weighted by Gasteiger charge is -2.19. The quantitative estimate of drug-likeness (QED) is 0.853. The van der Waals surface area contributed by atoms with Crippen LogP contribution in [0.25, 0.3) is 0 Å². The van der Waals surface area contributed by atoms with E-state index >= 15 is 0 Å². The number of nitrogens with zero attached hydrogens (tertiary/aromatic N) is 2. The summed E-state index contributed by atoms with van der Waals surface area (Å²) in [7, 11) is -3.02. The van der Waals surface area contributed by atoms with E-state index in [9.17, 15) is 13.2 Å². The summed E-state index contributed by atoms with van der Waals surface area (Å²) in [5, 5.41) is 0.644. The molecule has 7 heteroatoms. The normalized spacial score (nSPS) is 20.6. The molecule has 0 aromatic carbocycles. The van der Waals surface area contributed by atoms with Crippen molar-refractivity contribution in [1.82, 2.24) is 9.88 Å². The molecular weight excluding hydrogens is 308 g/mol. The van der Waals surface area contributed by atoms with E-state index in [-0.39, 0.29) is 11.2 Å². The van der Waals surface area contributed by atoms with E-state index in [0.717, 1.165) is 11.4 Å². The number of hydrogen-bond acceptors (Lipinski definition) is 5. The summed E-state index contributed by atoms with van der Waals surface area (Å²) in [6.07, 6.45) is 4.83. The highest BCUT2D eigenvalue weighted by Crippen LogP contribution is 2.24. The Hall–Kier alpha value is -0.950. The van der Waals surface area contributed by atoms with Crippen molar-refractivity contribution in [2.24, 2.45) is 0 Å². The fourth-order valence-corrected chi connectivity index (χ4v) is 4.52. The molecule has 1 aliphatic rings. The number of sulfone groups is 1. The van der Waals surface area contributed by atoms with E-state index < -0.39 is 9.84 Å². The van der Waals surface area contributed by atoms with E-state index in [0.29, 0.717) is 36.7 Å². The summed E-state index contributed by atoms with van der Waals surface area (Å²) in [6.45, 7) is 5.23. The monoisotopic (exact) mass is 330 g/mol. The van der Waals surface area contributed by atoms with Crippen LogP contribution in [0.2, 0.25) is 0 Å². The molecule has 1 aliphatic heterocycles. The fraction of sp³-hybridized carbons (Fsp3) is 0.714. The van der Waals surface area contributed by atoms with Crippen LogP contribution in [0.5, 0.6) is 0 Å². The molecule has 5 nitrogen and oxygen atoms in total. The van der Waals surface area contributed by atoms with Gasteiger partial charge in [-0.1, -0.05) is 13.8 Å². The minimum Gasteiger partial charge on any atom is -0.338 e. The predicted molar refractivity (Wildman–Crippen MR) is 84.6 cm³/mol. The molecule has 1 aromatic heterocycles. The van der Waals surface area contributed by atoms with Crippen molar-refractivity contribution in [2.75, 3.05) is 19.3 Å². The average molecular weight is 330 g/mol. The zero-order valence-electron chi connectivity index (χ0n) is 12.7. The summed E-state index contributed by atoms with van der Waals surface area (Å²) >= 11 is 1.44. The first-order chi connectivity index (χ1) is 9.79. The van der Waals surface area contributed by atoms with E-state index in [1.807, 2.05) is 0 Å². The highest BCUT2D eigenvalue weighted by atomic mass is 32.2. The van der Waals surface area contributed by atoms with Crippen LogP contribution in [0.1, 0.15) is 53.7 Å². The van der Waals surface area contributed by atoms with Gasteiger partial charge in [-0.3, -0.25) is 4.79 Å². The second kappa shape index (κ2) is 6.44. The first-order valence-corrected chi connectivity index (χ1v) is 10.00. The third-order valence-corrected chi connectivity index (χ3v) is 6.76. The van der Waals surface area contributed by atoms with Crippen LogP contribution in [0, 0.1) is 0 Å². The van der Waals surface area contributed by atoms with Gasteiger partial charge in [0.2, 0.25) is 0 Å². The molecule has 1 unspecified atom stereocenters. The topological polar surface area (TPSA) is 67.3 Å². The molecule has 2 heterocycles. The first kappa shape index (κ1) is 16.4. The number of rotatable bonds is 3. The first-order valence-electron chi connectivity index (χ1n) is 7.23. The van der Waals surface area contributed by atoms with Crippen molar-refractivity contribution in [3.63, 3.8) is 0 Å². The van der Waals surface area contributed by atoms with Gasteiger partial charge in [-0.15, -0.1) is 11.3 Å². The van der Waals surface area contributed by atoms with Gasteiger partial charge in [-0.25, -0.2) is 13.4 Å². The summed E-state index contributed by atoms with van der Waals surface area (Å²) in [5.74, 6) is 0.295. The molecule has 0 bridgehead atoms. The number of aromatic nitrogens is 1. The molecule has 0 N–H and O–H groups in total. The van der Waals surface area contributed by atoms with Crippen LogP contribution in [0.3, 0.4) is 0 Å². The molecule has 1 amide bonds. The average Bonchev–Trinajstić information content (AvgIpc) is 2.74. The van der Waals surface area contributed by atoms with E-state index in [1.165, 1.54) is 17.6 Å². The van der Waals surface area contributed by atoms with Gasteiger partial charge in [-0.2, -0.15) is 0 Å². The van der Waals surface area contributed by atoms with Crippen LogP contribution >= 0.6 is 11.3 Å². The third kappa shape index (κ3) is 4.03. The Morgan fingerprint density at radius 2 is 2.10 bits per heavy atom. The van der Waals surface area contributed by atoms with Crippen LogP contribution in [0.15, 0.2) is 6.20 Å². The second-order valence-electron chi connectivity index (χ2n) is 5.89. The van der Waals surface area contributed by atoms with Gasteiger partial charge in [-0.05, 0) is 19.3 Å². The summed E-state index contributed by atoms with van der Waals surface area (Å²) < 4.78 is 23.3. The smallest absolute Gasteiger partial charge is 0.265 e. The van der Waals surface area contributed by atoms with E-state index in [2.05, 4.69) is 18.8 Å². The fourth-order valence-electron chi connectivity index (χ4n) is 2.51. The Kier molecular flexibility index (Phi) is 5.03. The largest absolute Gasteiger partial charge is 0.338 e. The van der Waals surface area contributed by atoms with Crippen molar-refractivity contribution >= 4 is 27.1 Å². The second-order valence-corrected chi connectivity index (χ2v) is 9.28. The van der Waals surface area contributed by atoms with Crippen molar-refractivity contribution in [3.8, 4) is 0 Å². The molecule has 2 rings (SSSR count). The molecule has 0 aliphatic carbocycles. The highest BCUT2D eigenvalue weighted by Gasteiger charge is 2.27. The molecule has 118 valence electrons. The molecule has 0 saturated carbocycles. The SMILES string of the molecule is CC(C)c1ncc(C(=O)N2CCCC(S(C)(=O)=O)CC2)s1. The van der Waals surface area contributed by atoms with Gasteiger partial charge in [0.05, 0.1) is 16.5 Å². The Labute approximate surface area is 130 Å². The van der Waals surface area contributed by atoms with Gasteiger partial charge >= 0.3 is 0 Å². The highest BCUT2D eigenvalue weighted by molar-refractivity contribution is 7.91. The zero-order valence-corrected chi connectivity index (χ0v) is 14.3. The van der Waals surface area contributed by atoms with Gasteiger partial charge in [0.15, 0.2) is 0 Å². The zero-order chi connectivity index (χ0) is 15.6. The third-order valence-electron chi connectivity index (χ3n) is 3.80. The summed E-state index contributed by atoms with van der Waals surface area (Å²) in [4.78, 5) is 19.2. The molecule has 21 heavy (non-hydrogen) atoms. The van der Waals surface area contributed by atoms with Gasteiger partial charge in [0.25, 0.3) is 5.91 Å². The number of thiazole rings is 1. The van der Waals surface area contributed by atoms with Gasteiger partial charge < -0.3 is 4.90 Å². The van der Waals surface area contributed by atoms with Crippen molar-refractivity contribution in [1.29, 1.82) is 0 Å². The Bertz CT molecular complexity index is 607.